The summed E-state index contributed by atoms with van der Waals surface area (Å²) in [4.78, 5) is 38.6. The van der Waals surface area contributed by atoms with Crippen LogP contribution in [0, 0.1) is 0 Å². The topological polar surface area (TPSA) is 209 Å². The fraction of sp³-hybridized carbons (Fsp3) is 0.167. The average Bonchev–Trinajstić information content (AvgIpc) is 2.80. The van der Waals surface area contributed by atoms with Gasteiger partial charge in [-0.15, -0.1) is 0 Å². The second kappa shape index (κ2) is 18.4. The monoisotopic (exact) mass is 543 g/mol. The van der Waals surface area contributed by atoms with E-state index in [-0.39, 0.29) is 39.1 Å². The second-order valence-corrected chi connectivity index (χ2v) is 7.06. The zero-order valence-corrected chi connectivity index (χ0v) is 21.6. The van der Waals surface area contributed by atoms with Crippen molar-refractivity contribution >= 4 is 29.2 Å². The summed E-state index contributed by atoms with van der Waals surface area (Å²) < 4.78 is 0. The molecule has 1 heterocycles. The van der Waals surface area contributed by atoms with Crippen LogP contribution in [-0.2, 0) is 28.0 Å². The van der Waals surface area contributed by atoms with Crippen LogP contribution in [0.25, 0.3) is 0 Å². The number of hydrogen-bond acceptors (Lipinski definition) is 8. The average molecular weight is 543 g/mol. The van der Waals surface area contributed by atoms with E-state index in [9.17, 15) is 24.6 Å². The maximum absolute atomic E-state index is 10.4. The second-order valence-electron chi connectivity index (χ2n) is 7.06. The smallest absolute Gasteiger partial charge is 0.545 e. The van der Waals surface area contributed by atoms with E-state index in [4.69, 9.17) is 5.73 Å². The third kappa shape index (κ3) is 13.1. The van der Waals surface area contributed by atoms with E-state index in [1.807, 2.05) is 38.0 Å². The van der Waals surface area contributed by atoms with Gasteiger partial charge in [-0.1, -0.05) is 24.3 Å². The minimum Gasteiger partial charge on any atom is -0.545 e. The third-order valence-electron chi connectivity index (χ3n) is 4.20. The number of anilines is 2. The van der Waals surface area contributed by atoms with Gasteiger partial charge in [-0.05, 0) is 47.5 Å². The first-order chi connectivity index (χ1) is 15.5. The number of aromatic carboxylic acids is 2. The summed E-state index contributed by atoms with van der Waals surface area (Å²) in [6.07, 6.45) is 3.06. The van der Waals surface area contributed by atoms with Gasteiger partial charge in [0.2, 0.25) is 5.91 Å². The summed E-state index contributed by atoms with van der Waals surface area (Å²) in [7, 11) is 7.59. The molecule has 0 aliphatic carbocycles. The summed E-state index contributed by atoms with van der Waals surface area (Å²) >= 11 is 0. The summed E-state index contributed by atoms with van der Waals surface area (Å²) in [5.74, 6) is -2.70. The molecular weight excluding hydrogens is 511 g/mol. The molecule has 3 aromatic rings. The Bertz CT molecular complexity index is 985. The van der Waals surface area contributed by atoms with Crippen LogP contribution < -0.4 is 25.7 Å². The van der Waals surface area contributed by atoms with Crippen molar-refractivity contribution < 1.29 is 52.6 Å². The van der Waals surface area contributed by atoms with E-state index >= 15 is 0 Å². The molecule has 1 aromatic heterocycles. The number of benzene rings is 2. The number of carbonyl (C=O) groups is 3. The van der Waals surface area contributed by atoms with Crippen LogP contribution in [0.5, 0.6) is 0 Å². The molecule has 8 N–H and O–H groups in total. The van der Waals surface area contributed by atoms with Crippen molar-refractivity contribution in [2.24, 2.45) is 5.73 Å². The van der Waals surface area contributed by atoms with E-state index in [2.05, 4.69) is 4.98 Å². The van der Waals surface area contributed by atoms with Crippen molar-refractivity contribution in [2.45, 2.75) is 0 Å². The van der Waals surface area contributed by atoms with Crippen molar-refractivity contribution in [1.82, 2.24) is 4.98 Å². The van der Waals surface area contributed by atoms with Gasteiger partial charge >= 0.3 is 17.1 Å². The molecule has 11 nitrogen and oxygen atoms in total. The quantitative estimate of drug-likeness (QED) is 0.297. The Morgan fingerprint density at radius 1 is 0.639 bits per heavy atom. The van der Waals surface area contributed by atoms with E-state index < -0.39 is 17.8 Å². The number of amides is 1. The van der Waals surface area contributed by atoms with Crippen LogP contribution in [0.3, 0.4) is 0 Å². The summed E-state index contributed by atoms with van der Waals surface area (Å²) in [6.45, 7) is 0. The fourth-order valence-electron chi connectivity index (χ4n) is 2.31. The van der Waals surface area contributed by atoms with E-state index in [1.54, 1.807) is 36.4 Å². The van der Waals surface area contributed by atoms with Crippen molar-refractivity contribution in [3.8, 4) is 0 Å². The Kier molecular flexibility index (Phi) is 18.7. The Morgan fingerprint density at radius 3 is 1.14 bits per heavy atom. The molecule has 0 atom stereocenters. The van der Waals surface area contributed by atoms with Gasteiger partial charge < -0.3 is 46.3 Å². The van der Waals surface area contributed by atoms with Gasteiger partial charge in [0.25, 0.3) is 0 Å². The summed E-state index contributed by atoms with van der Waals surface area (Å²) in [5.41, 5.74) is 7.80. The molecule has 0 unspecified atom stereocenters. The molecule has 0 saturated carbocycles. The largest absolute Gasteiger partial charge is 2.00 e. The Labute approximate surface area is 220 Å². The first-order valence-electron chi connectivity index (χ1n) is 9.70. The van der Waals surface area contributed by atoms with Gasteiger partial charge in [-0.3, -0.25) is 9.78 Å². The zero-order valence-electron chi connectivity index (χ0n) is 20.4. The number of primary amides is 1. The van der Waals surface area contributed by atoms with E-state index in [1.165, 1.54) is 36.7 Å². The molecule has 36 heavy (non-hydrogen) atoms. The van der Waals surface area contributed by atoms with Gasteiger partial charge in [-0.25, -0.2) is 0 Å². The van der Waals surface area contributed by atoms with Crippen LogP contribution in [0.15, 0.2) is 73.1 Å². The number of pyridine rings is 1. The molecule has 0 bridgehead atoms. The first-order valence-corrected chi connectivity index (χ1v) is 9.70. The summed E-state index contributed by atoms with van der Waals surface area (Å²) in [5, 5.41) is 20.7. The SMILES string of the molecule is CN(C)c1ccc(C(=O)[O-])cc1.CN(C)c1ccc(C(=O)[O-])cc1.NC(=O)c1ccncc1.[Mn+2].[OH3+].[OH3+]. The van der Waals surface area contributed by atoms with Crippen molar-refractivity contribution in [3.63, 3.8) is 0 Å². The molecule has 0 aliphatic rings. The molecule has 2 aromatic carbocycles. The molecule has 1 radical (unpaired) electrons. The van der Waals surface area contributed by atoms with Crippen LogP contribution in [0.1, 0.15) is 31.1 Å². The maximum Gasteiger partial charge on any atom is 2.00 e. The van der Waals surface area contributed by atoms with Gasteiger partial charge in [0.15, 0.2) is 0 Å². The zero-order chi connectivity index (χ0) is 25.0. The minimum atomic E-state index is -1.14. The van der Waals surface area contributed by atoms with Crippen molar-refractivity contribution in [3.05, 3.63) is 89.7 Å². The predicted molar refractivity (Wildman–Crippen MR) is 133 cm³/mol. The summed E-state index contributed by atoms with van der Waals surface area (Å²) in [6, 6.07) is 16.2. The molecule has 12 heteroatoms. The van der Waals surface area contributed by atoms with Crippen LogP contribution in [0.2, 0.25) is 0 Å². The molecule has 0 fully saturated rings. The molecule has 3 rings (SSSR count). The Hall–Kier alpha value is -3.96. The number of carbonyl (C=O) groups excluding carboxylic acids is 3. The molecule has 0 aliphatic heterocycles. The van der Waals surface area contributed by atoms with Gasteiger partial charge in [0, 0.05) is 57.5 Å². The number of rotatable bonds is 5. The van der Waals surface area contributed by atoms with Gasteiger partial charge in [-0.2, -0.15) is 0 Å². The normalized spacial score (nSPS) is 8.56. The van der Waals surface area contributed by atoms with E-state index in [0.717, 1.165) is 11.4 Å². The number of hydrogen-bond donors (Lipinski definition) is 1. The number of carboxylic acid groups (broad SMARTS) is 2. The number of nitrogens with zero attached hydrogens (tertiary/aromatic N) is 3. The van der Waals surface area contributed by atoms with Gasteiger partial charge in [0.05, 0.1) is 11.9 Å². The maximum atomic E-state index is 10.4. The van der Waals surface area contributed by atoms with E-state index in [0.29, 0.717) is 5.56 Å². The number of nitrogens with two attached hydrogens (primary N) is 1. The minimum absolute atomic E-state index is 0. The van der Waals surface area contributed by atoms with Crippen molar-refractivity contribution in [1.29, 1.82) is 0 Å². The fourth-order valence-corrected chi connectivity index (χ4v) is 2.31. The molecule has 195 valence electrons. The first kappa shape index (κ1) is 36.6. The number of carboxylic acids is 2. The Balaban J connectivity index is -0.000000440. The van der Waals surface area contributed by atoms with Crippen molar-refractivity contribution in [2.75, 3.05) is 38.0 Å². The molecule has 0 saturated heterocycles. The van der Waals surface area contributed by atoms with Crippen LogP contribution >= 0.6 is 0 Å². The van der Waals surface area contributed by atoms with Crippen LogP contribution in [0.4, 0.5) is 11.4 Å². The van der Waals surface area contributed by atoms with Crippen LogP contribution in [-0.4, -0.2) is 51.0 Å². The number of aromatic nitrogens is 1. The predicted octanol–water partition coefficient (Wildman–Crippen LogP) is -1.43. The van der Waals surface area contributed by atoms with Gasteiger partial charge in [0.1, 0.15) is 0 Å². The molecule has 0 spiro atoms. The standard InChI is InChI=1S/2C9H11NO2.C6H6N2O.Mn.2H2O/c2*1-10(2)8-5-3-7(4-6-8)9(11)12;7-6(9)5-1-3-8-4-2-5;;;/h2*3-6H,1-2H3,(H,11,12);1-4H,(H2,7,9);;2*1H2/q;;;+2;;. The third-order valence-corrected chi connectivity index (χ3v) is 4.20. The Morgan fingerprint density at radius 2 is 0.944 bits per heavy atom. The molecular formula is C24H32MnN4O7+2. The molecule has 1 amide bonds.